The molecule has 3 aromatic heterocycles. The summed E-state index contributed by atoms with van der Waals surface area (Å²) < 4.78 is 8.58. The second-order valence-corrected chi connectivity index (χ2v) is 11.5. The van der Waals surface area contributed by atoms with E-state index < -0.39 is 9.04 Å². The average molecular weight is 444 g/mol. The van der Waals surface area contributed by atoms with Gasteiger partial charge in [-0.2, -0.15) is 4.98 Å². The first-order valence-corrected chi connectivity index (χ1v) is 12.9. The van der Waals surface area contributed by atoms with E-state index in [4.69, 9.17) is 21.8 Å². The Morgan fingerprint density at radius 2 is 2.07 bits per heavy atom. The third-order valence-corrected chi connectivity index (χ3v) is 6.45. The summed E-state index contributed by atoms with van der Waals surface area (Å²) in [6, 6.07) is 4.09. The number of nitrogens with two attached hydrogens (primary N) is 1. The number of hydrogen-bond donors (Lipinski definition) is 1. The van der Waals surface area contributed by atoms with Crippen molar-refractivity contribution in [2.45, 2.75) is 52.4 Å². The molecule has 0 fully saturated rings. The van der Waals surface area contributed by atoms with E-state index in [1.165, 1.54) is 0 Å². The average Bonchev–Trinajstić information content (AvgIpc) is 3.24. The summed E-state index contributed by atoms with van der Waals surface area (Å²) in [6.07, 6.45) is 5.79. The van der Waals surface area contributed by atoms with Crippen molar-refractivity contribution in [2.75, 3.05) is 17.2 Å². The van der Waals surface area contributed by atoms with E-state index in [1.807, 2.05) is 24.7 Å². The summed E-state index contributed by atoms with van der Waals surface area (Å²) in [7, 11) is -0.914. The molecule has 0 saturated heterocycles. The second-order valence-electron chi connectivity index (χ2n) is 9.08. The van der Waals surface area contributed by atoms with Crippen LogP contribution in [0, 0.1) is 5.41 Å². The van der Waals surface area contributed by atoms with Gasteiger partial charge in [0, 0.05) is 36.6 Å². The standard InChI is InChI=1S/C21H28ClN6OSi/c1-21(2,3)17(29-30(4)5)13-11-28(19-16(13)18(22)25-20(23)26-19)12-14-15-7-6-9-27(15)10-8-24-14/h6-10,13,17H,11-12H2,1-5H3,(H2,23,25,26). The van der Waals surface area contributed by atoms with Gasteiger partial charge >= 0.3 is 0 Å². The SMILES string of the molecule is C[Si](C)OC(C1CN(Cc2nccn3cccc23)c2nc(N)nc(Cl)c21)C(C)(C)C. The first-order chi connectivity index (χ1) is 14.1. The third-order valence-electron chi connectivity index (χ3n) is 5.44. The van der Waals surface area contributed by atoms with E-state index in [0.29, 0.717) is 11.7 Å². The number of nitrogen functional groups attached to an aromatic ring is 1. The van der Waals surface area contributed by atoms with Crippen LogP contribution < -0.4 is 10.6 Å². The molecule has 0 saturated carbocycles. The van der Waals surface area contributed by atoms with Crippen LogP contribution in [0.25, 0.3) is 5.52 Å². The Morgan fingerprint density at radius 1 is 1.30 bits per heavy atom. The summed E-state index contributed by atoms with van der Waals surface area (Å²) in [5, 5.41) is 0.415. The van der Waals surface area contributed by atoms with Crippen molar-refractivity contribution in [3.05, 3.63) is 47.1 Å². The van der Waals surface area contributed by atoms with E-state index in [0.717, 1.165) is 29.1 Å². The van der Waals surface area contributed by atoms with Crippen molar-refractivity contribution in [2.24, 2.45) is 5.41 Å². The predicted octanol–water partition coefficient (Wildman–Crippen LogP) is 4.15. The summed E-state index contributed by atoms with van der Waals surface area (Å²) in [5.41, 5.74) is 8.89. The van der Waals surface area contributed by atoms with E-state index in [2.05, 4.69) is 64.2 Å². The molecule has 2 atom stereocenters. The zero-order valence-electron chi connectivity index (χ0n) is 18.1. The molecule has 159 valence electrons. The molecule has 0 spiro atoms. The summed E-state index contributed by atoms with van der Waals surface area (Å²) in [4.78, 5) is 15.7. The Bertz CT molecular complexity index is 1060. The van der Waals surface area contributed by atoms with Crippen molar-refractivity contribution in [3.8, 4) is 0 Å². The normalized spacial score (nSPS) is 17.7. The van der Waals surface area contributed by atoms with Gasteiger partial charge < -0.3 is 19.5 Å². The van der Waals surface area contributed by atoms with E-state index in [9.17, 15) is 0 Å². The molecule has 1 aliphatic rings. The summed E-state index contributed by atoms with van der Waals surface area (Å²) in [5.74, 6) is 1.02. The van der Waals surface area contributed by atoms with Crippen LogP contribution in [0.2, 0.25) is 18.2 Å². The fraction of sp³-hybridized carbons (Fsp3) is 0.476. The summed E-state index contributed by atoms with van der Waals surface area (Å²) >= 11 is 6.62. The lowest BCUT2D eigenvalue weighted by atomic mass is 9.79. The van der Waals surface area contributed by atoms with Crippen molar-refractivity contribution in [3.63, 3.8) is 0 Å². The van der Waals surface area contributed by atoms with Gasteiger partial charge in [0.05, 0.1) is 23.9 Å². The molecule has 9 heteroatoms. The van der Waals surface area contributed by atoms with Crippen LogP contribution in [0.4, 0.5) is 11.8 Å². The second kappa shape index (κ2) is 7.83. The Labute approximate surface area is 184 Å². The highest BCUT2D eigenvalue weighted by Crippen LogP contribution is 2.46. The monoisotopic (exact) mass is 443 g/mol. The van der Waals surface area contributed by atoms with Gasteiger partial charge in [-0.3, -0.25) is 4.98 Å². The highest BCUT2D eigenvalue weighted by Gasteiger charge is 2.43. The molecule has 4 heterocycles. The first kappa shape index (κ1) is 21.1. The minimum absolute atomic E-state index is 0.00749. The van der Waals surface area contributed by atoms with Gasteiger partial charge in [-0.15, -0.1) is 0 Å². The molecule has 2 unspecified atom stereocenters. The van der Waals surface area contributed by atoms with Crippen LogP contribution in [0.5, 0.6) is 0 Å². The van der Waals surface area contributed by atoms with Crippen LogP contribution >= 0.6 is 11.6 Å². The topological polar surface area (TPSA) is 81.6 Å². The Morgan fingerprint density at radius 3 is 2.77 bits per heavy atom. The lowest BCUT2D eigenvalue weighted by molar-refractivity contribution is 0.0648. The predicted molar refractivity (Wildman–Crippen MR) is 122 cm³/mol. The maximum absolute atomic E-state index is 6.62. The molecule has 0 aliphatic carbocycles. The highest BCUT2D eigenvalue weighted by atomic mass is 35.5. The lowest BCUT2D eigenvalue weighted by Crippen LogP contribution is -2.40. The molecular weight excluding hydrogens is 416 g/mol. The fourth-order valence-electron chi connectivity index (χ4n) is 4.26. The molecule has 30 heavy (non-hydrogen) atoms. The molecule has 1 radical (unpaired) electrons. The number of hydrogen-bond acceptors (Lipinski definition) is 6. The quantitative estimate of drug-likeness (QED) is 0.471. The van der Waals surface area contributed by atoms with E-state index >= 15 is 0 Å². The van der Waals surface area contributed by atoms with E-state index in [-0.39, 0.29) is 23.4 Å². The van der Waals surface area contributed by atoms with Crippen LogP contribution in [0.3, 0.4) is 0 Å². The third kappa shape index (κ3) is 3.91. The van der Waals surface area contributed by atoms with Crippen LogP contribution in [0.1, 0.15) is 37.9 Å². The minimum Gasteiger partial charge on any atom is -0.413 e. The molecule has 7 nitrogen and oxygen atoms in total. The summed E-state index contributed by atoms with van der Waals surface area (Å²) in [6.45, 7) is 12.3. The molecular formula is C21H28ClN6OSi. The van der Waals surface area contributed by atoms with E-state index in [1.54, 1.807) is 0 Å². The van der Waals surface area contributed by atoms with Crippen molar-refractivity contribution in [1.82, 2.24) is 19.4 Å². The molecule has 0 aromatic carbocycles. The molecule has 2 N–H and O–H groups in total. The molecule has 1 aliphatic heterocycles. The van der Waals surface area contributed by atoms with Gasteiger partial charge in [0.25, 0.3) is 0 Å². The maximum atomic E-state index is 6.62. The number of nitrogens with zero attached hydrogens (tertiary/aromatic N) is 5. The zero-order valence-corrected chi connectivity index (χ0v) is 19.8. The lowest BCUT2D eigenvalue weighted by Gasteiger charge is -2.37. The molecule has 3 aromatic rings. The Hall–Kier alpha value is -2.16. The maximum Gasteiger partial charge on any atom is 0.223 e. The van der Waals surface area contributed by atoms with Crippen molar-refractivity contribution < 1.29 is 4.43 Å². The van der Waals surface area contributed by atoms with Gasteiger partial charge in [0.15, 0.2) is 0 Å². The minimum atomic E-state index is -0.914. The van der Waals surface area contributed by atoms with Crippen LogP contribution in [0.15, 0.2) is 30.7 Å². The first-order valence-electron chi connectivity index (χ1n) is 10.1. The van der Waals surface area contributed by atoms with Gasteiger partial charge in [-0.25, -0.2) is 4.98 Å². The van der Waals surface area contributed by atoms with Crippen LogP contribution in [-0.4, -0.2) is 41.0 Å². The van der Waals surface area contributed by atoms with Crippen molar-refractivity contribution in [1.29, 1.82) is 0 Å². The zero-order chi connectivity index (χ0) is 21.6. The number of aromatic nitrogens is 4. The Balaban J connectivity index is 1.76. The number of halogens is 1. The smallest absolute Gasteiger partial charge is 0.223 e. The van der Waals surface area contributed by atoms with Crippen LogP contribution in [-0.2, 0) is 11.0 Å². The molecule has 0 bridgehead atoms. The van der Waals surface area contributed by atoms with Gasteiger partial charge in [-0.05, 0) is 30.6 Å². The number of fused-ring (bicyclic) bond motifs is 2. The van der Waals surface area contributed by atoms with Gasteiger partial charge in [0.2, 0.25) is 15.0 Å². The molecule has 4 rings (SSSR count). The fourth-order valence-corrected chi connectivity index (χ4v) is 5.59. The van der Waals surface area contributed by atoms with Gasteiger partial charge in [-0.1, -0.05) is 32.4 Å². The van der Waals surface area contributed by atoms with Gasteiger partial charge in [0.1, 0.15) is 11.0 Å². The largest absolute Gasteiger partial charge is 0.413 e. The molecule has 0 amide bonds. The number of rotatable bonds is 5. The Kier molecular flexibility index (Phi) is 5.50. The number of anilines is 2. The van der Waals surface area contributed by atoms with Crippen molar-refractivity contribution >= 4 is 37.9 Å². The highest BCUT2D eigenvalue weighted by molar-refractivity contribution is 6.48.